The Morgan fingerprint density at radius 3 is 2.28 bits per heavy atom. The lowest BCUT2D eigenvalue weighted by atomic mass is 10.0. The van der Waals surface area contributed by atoms with Crippen LogP contribution >= 0.6 is 0 Å². The van der Waals surface area contributed by atoms with Crippen LogP contribution < -0.4 is 5.32 Å². The number of carboxylic acid groups (broad SMARTS) is 1. The van der Waals surface area contributed by atoms with Gasteiger partial charge in [-0.05, 0) is 39.3 Å². The van der Waals surface area contributed by atoms with Gasteiger partial charge in [0.05, 0.1) is 5.56 Å². The van der Waals surface area contributed by atoms with E-state index in [9.17, 15) is 27.6 Å². The molecule has 1 aromatic rings. The molecule has 0 heterocycles. The summed E-state index contributed by atoms with van der Waals surface area (Å²) in [5, 5.41) is 11.1. The summed E-state index contributed by atoms with van der Waals surface area (Å²) in [6.45, 7) is 4.74. The number of benzene rings is 1. The number of ketones is 1. The van der Waals surface area contributed by atoms with Gasteiger partial charge in [0.1, 0.15) is 11.6 Å². The molecule has 0 aliphatic heterocycles. The van der Waals surface area contributed by atoms with E-state index in [1.807, 2.05) is 0 Å². The maximum absolute atomic E-state index is 13.5. The third-order valence-electron chi connectivity index (χ3n) is 2.98. The summed E-state index contributed by atoms with van der Waals surface area (Å²) in [6, 6.07) is -0.0981. The highest BCUT2D eigenvalue weighted by atomic mass is 19.2. The molecule has 25 heavy (non-hydrogen) atoms. The fraction of sp³-hybridized carbons (Fsp3) is 0.438. The molecule has 1 amide bonds. The number of nitrogens with one attached hydrogen (secondary N) is 1. The Hall–Kier alpha value is -2.58. The van der Waals surface area contributed by atoms with Crippen LogP contribution in [0.1, 0.15) is 44.0 Å². The van der Waals surface area contributed by atoms with Gasteiger partial charge in [0.25, 0.3) is 0 Å². The second-order valence-electron chi connectivity index (χ2n) is 6.22. The van der Waals surface area contributed by atoms with Gasteiger partial charge in [-0.2, -0.15) is 0 Å². The molecular weight excluding hydrogens is 343 g/mol. The highest BCUT2D eigenvalue weighted by Gasteiger charge is 2.26. The molecule has 0 aromatic heterocycles. The summed E-state index contributed by atoms with van der Waals surface area (Å²) >= 11 is 0. The molecule has 0 spiro atoms. The summed E-state index contributed by atoms with van der Waals surface area (Å²) in [4.78, 5) is 34.6. The molecule has 1 atom stereocenters. The number of hydrogen-bond donors (Lipinski definition) is 2. The monoisotopic (exact) mass is 361 g/mol. The van der Waals surface area contributed by atoms with Crippen LogP contribution in [0, 0.1) is 17.5 Å². The normalized spacial score (nSPS) is 12.4. The standard InChI is InChI=1S/C16H18F3NO5/c1-16(2,3)25-15(24)20-10(14(22)23)6-7-11(21)8-4-5-9(17)13(19)12(8)18/h4-5,10H,6-7H2,1-3H3,(H,20,24)(H,22,23)/t10-/m1/s1. The van der Waals surface area contributed by atoms with Crippen LogP contribution in [0.3, 0.4) is 0 Å². The summed E-state index contributed by atoms with van der Waals surface area (Å²) in [6.07, 6.45) is -1.88. The number of Topliss-reactive ketones (excluding diaryl/α,β-unsaturated/α-hetero) is 1. The number of hydrogen-bond acceptors (Lipinski definition) is 4. The second kappa shape index (κ2) is 8.00. The average Bonchev–Trinajstić information content (AvgIpc) is 2.46. The highest BCUT2D eigenvalue weighted by molar-refractivity contribution is 5.96. The van der Waals surface area contributed by atoms with E-state index in [1.165, 1.54) is 0 Å². The van der Waals surface area contributed by atoms with Crippen molar-refractivity contribution in [1.29, 1.82) is 0 Å². The van der Waals surface area contributed by atoms with Gasteiger partial charge in [-0.25, -0.2) is 22.8 Å². The highest BCUT2D eigenvalue weighted by Crippen LogP contribution is 2.18. The Kier molecular flexibility index (Phi) is 6.55. The minimum atomic E-state index is -1.78. The number of alkyl carbamates (subject to hydrolysis) is 1. The van der Waals surface area contributed by atoms with Crippen molar-refractivity contribution in [2.24, 2.45) is 0 Å². The zero-order valence-corrected chi connectivity index (χ0v) is 13.9. The predicted molar refractivity (Wildman–Crippen MR) is 80.7 cm³/mol. The number of carbonyl (C=O) groups excluding carboxylic acids is 2. The number of aliphatic carboxylic acids is 1. The third-order valence-corrected chi connectivity index (χ3v) is 2.98. The maximum atomic E-state index is 13.5. The van der Waals surface area contributed by atoms with Crippen molar-refractivity contribution >= 4 is 17.8 Å². The summed E-state index contributed by atoms with van der Waals surface area (Å²) in [5.41, 5.74) is -1.54. The van der Waals surface area contributed by atoms with E-state index in [-0.39, 0.29) is 6.42 Å². The van der Waals surface area contributed by atoms with Gasteiger partial charge < -0.3 is 15.2 Å². The fourth-order valence-electron chi connectivity index (χ4n) is 1.86. The Morgan fingerprint density at radius 1 is 1.16 bits per heavy atom. The SMILES string of the molecule is CC(C)(C)OC(=O)N[C@H](CCC(=O)c1ccc(F)c(F)c1F)C(=O)O. The van der Waals surface area contributed by atoms with E-state index < -0.39 is 58.9 Å². The first-order valence-corrected chi connectivity index (χ1v) is 7.31. The van der Waals surface area contributed by atoms with Gasteiger partial charge >= 0.3 is 12.1 Å². The molecule has 1 rings (SSSR count). The number of carboxylic acids is 1. The van der Waals surface area contributed by atoms with Crippen LogP contribution in [-0.2, 0) is 9.53 Å². The molecular formula is C16H18F3NO5. The second-order valence-corrected chi connectivity index (χ2v) is 6.22. The molecule has 0 radical (unpaired) electrons. The van der Waals surface area contributed by atoms with Crippen molar-refractivity contribution in [3.63, 3.8) is 0 Å². The zero-order valence-electron chi connectivity index (χ0n) is 13.9. The van der Waals surface area contributed by atoms with Crippen molar-refractivity contribution in [3.8, 4) is 0 Å². The van der Waals surface area contributed by atoms with Gasteiger partial charge in [0, 0.05) is 6.42 Å². The quantitative estimate of drug-likeness (QED) is 0.600. The van der Waals surface area contributed by atoms with Crippen molar-refractivity contribution in [2.75, 3.05) is 0 Å². The van der Waals surface area contributed by atoms with E-state index >= 15 is 0 Å². The van der Waals surface area contributed by atoms with Gasteiger partial charge in [0.2, 0.25) is 0 Å². The van der Waals surface area contributed by atoms with E-state index in [0.29, 0.717) is 6.07 Å². The first-order valence-electron chi connectivity index (χ1n) is 7.31. The molecule has 2 N–H and O–H groups in total. The molecule has 0 unspecified atom stereocenters. The number of rotatable bonds is 6. The first-order chi connectivity index (χ1) is 11.4. The molecule has 0 aliphatic rings. The number of halogens is 3. The maximum Gasteiger partial charge on any atom is 0.408 e. The van der Waals surface area contributed by atoms with Crippen LogP contribution in [0.5, 0.6) is 0 Å². The number of amides is 1. The molecule has 9 heteroatoms. The Balaban J connectivity index is 2.75. The molecule has 0 saturated heterocycles. The minimum absolute atomic E-state index is 0.383. The topological polar surface area (TPSA) is 92.7 Å². The smallest absolute Gasteiger partial charge is 0.408 e. The summed E-state index contributed by atoms with van der Waals surface area (Å²) in [5.74, 6) is -7.22. The van der Waals surface area contributed by atoms with Crippen molar-refractivity contribution < 1.29 is 37.4 Å². The lowest BCUT2D eigenvalue weighted by Crippen LogP contribution is -2.43. The number of carbonyl (C=O) groups is 3. The molecule has 0 fully saturated rings. The van der Waals surface area contributed by atoms with Gasteiger partial charge in [-0.1, -0.05) is 0 Å². The van der Waals surface area contributed by atoms with Crippen molar-refractivity contribution in [3.05, 3.63) is 35.1 Å². The molecule has 6 nitrogen and oxygen atoms in total. The Labute approximate surface area is 142 Å². The molecule has 0 bridgehead atoms. The van der Waals surface area contributed by atoms with Crippen molar-refractivity contribution in [2.45, 2.75) is 45.3 Å². The lowest BCUT2D eigenvalue weighted by Gasteiger charge is -2.21. The Morgan fingerprint density at radius 2 is 1.76 bits per heavy atom. The average molecular weight is 361 g/mol. The van der Waals surface area contributed by atoms with Crippen LogP contribution in [0.2, 0.25) is 0 Å². The first kappa shape index (κ1) is 20.5. The molecule has 0 saturated carbocycles. The van der Waals surface area contributed by atoms with Crippen LogP contribution in [0.15, 0.2) is 12.1 Å². The largest absolute Gasteiger partial charge is 0.480 e. The van der Waals surface area contributed by atoms with Crippen molar-refractivity contribution in [1.82, 2.24) is 5.32 Å². The fourth-order valence-corrected chi connectivity index (χ4v) is 1.86. The minimum Gasteiger partial charge on any atom is -0.480 e. The van der Waals surface area contributed by atoms with E-state index in [1.54, 1.807) is 20.8 Å². The lowest BCUT2D eigenvalue weighted by molar-refractivity contribution is -0.139. The third kappa shape index (κ3) is 6.09. The van der Waals surface area contributed by atoms with E-state index in [0.717, 1.165) is 6.07 Å². The Bertz CT molecular complexity index is 685. The van der Waals surface area contributed by atoms with E-state index in [2.05, 4.69) is 5.32 Å². The summed E-state index contributed by atoms with van der Waals surface area (Å²) < 4.78 is 44.5. The van der Waals surface area contributed by atoms with E-state index in [4.69, 9.17) is 9.84 Å². The molecule has 1 aromatic carbocycles. The summed E-state index contributed by atoms with van der Waals surface area (Å²) in [7, 11) is 0. The molecule has 0 aliphatic carbocycles. The number of ether oxygens (including phenoxy) is 1. The van der Waals surface area contributed by atoms with Crippen LogP contribution in [0.4, 0.5) is 18.0 Å². The predicted octanol–water partition coefficient (Wildman–Crippen LogP) is 3.04. The van der Waals surface area contributed by atoms with Gasteiger partial charge in [0.15, 0.2) is 23.2 Å². The van der Waals surface area contributed by atoms with Gasteiger partial charge in [-0.15, -0.1) is 0 Å². The zero-order chi connectivity index (χ0) is 19.4. The van der Waals surface area contributed by atoms with Crippen LogP contribution in [-0.4, -0.2) is 34.6 Å². The van der Waals surface area contributed by atoms with Gasteiger partial charge in [-0.3, -0.25) is 4.79 Å². The molecule has 138 valence electrons. The van der Waals surface area contributed by atoms with Crippen LogP contribution in [0.25, 0.3) is 0 Å².